The molecule has 126 valence electrons. The Balaban J connectivity index is 1.75. The predicted octanol–water partition coefficient (Wildman–Crippen LogP) is 4.82. The van der Waals surface area contributed by atoms with Gasteiger partial charge >= 0.3 is 0 Å². The van der Waals surface area contributed by atoms with Crippen LogP contribution in [-0.4, -0.2) is 9.97 Å². The second kappa shape index (κ2) is 7.26. The Labute approximate surface area is 155 Å². The van der Waals surface area contributed by atoms with E-state index in [4.69, 9.17) is 6.42 Å². The zero-order valence-electron chi connectivity index (χ0n) is 15.2. The van der Waals surface area contributed by atoms with E-state index in [0.717, 1.165) is 22.3 Å². The molecule has 0 bridgehead atoms. The molecule has 0 aliphatic heterocycles. The Hall–Kier alpha value is -3.36. The van der Waals surface area contributed by atoms with Gasteiger partial charge in [-0.3, -0.25) is 0 Å². The fourth-order valence-corrected chi connectivity index (χ4v) is 2.46. The van der Waals surface area contributed by atoms with Crippen LogP contribution in [0, 0.1) is 24.2 Å². The van der Waals surface area contributed by atoms with Crippen molar-refractivity contribution in [3.8, 4) is 35.6 Å². The van der Waals surface area contributed by atoms with Crippen molar-refractivity contribution in [2.75, 3.05) is 0 Å². The number of aromatic nitrogens is 2. The molecule has 2 heteroatoms. The van der Waals surface area contributed by atoms with Gasteiger partial charge in [-0.05, 0) is 47.4 Å². The molecule has 0 radical (unpaired) electrons. The molecule has 26 heavy (non-hydrogen) atoms. The summed E-state index contributed by atoms with van der Waals surface area (Å²) >= 11 is 0. The minimum atomic E-state index is 0.147. The topological polar surface area (TPSA) is 25.8 Å². The van der Waals surface area contributed by atoms with Crippen LogP contribution in [0.15, 0.2) is 60.9 Å². The van der Waals surface area contributed by atoms with E-state index in [1.807, 2.05) is 24.3 Å². The summed E-state index contributed by atoms with van der Waals surface area (Å²) in [6.07, 6.45) is 8.86. The zero-order valence-corrected chi connectivity index (χ0v) is 15.2. The molecule has 0 amide bonds. The minimum Gasteiger partial charge on any atom is -0.235 e. The van der Waals surface area contributed by atoms with Crippen molar-refractivity contribution >= 4 is 0 Å². The second-order valence-electron chi connectivity index (χ2n) is 7.09. The van der Waals surface area contributed by atoms with Crippen LogP contribution in [0.2, 0.25) is 0 Å². The molecule has 3 aromatic rings. The number of rotatable bonds is 1. The Morgan fingerprint density at radius 2 is 1.27 bits per heavy atom. The largest absolute Gasteiger partial charge is 0.235 e. The van der Waals surface area contributed by atoms with E-state index in [1.54, 1.807) is 12.4 Å². The van der Waals surface area contributed by atoms with Crippen molar-refractivity contribution in [1.29, 1.82) is 0 Å². The molecule has 0 atom stereocenters. The highest BCUT2D eigenvalue weighted by Crippen LogP contribution is 2.22. The number of terminal acetylenes is 1. The van der Waals surface area contributed by atoms with Gasteiger partial charge in [0.15, 0.2) is 5.82 Å². The first kappa shape index (κ1) is 17.5. The van der Waals surface area contributed by atoms with E-state index < -0.39 is 0 Å². The first-order chi connectivity index (χ1) is 12.5. The fourth-order valence-electron chi connectivity index (χ4n) is 2.46. The zero-order chi connectivity index (χ0) is 18.6. The van der Waals surface area contributed by atoms with Gasteiger partial charge in [0.1, 0.15) is 0 Å². The van der Waals surface area contributed by atoms with Gasteiger partial charge in [0.25, 0.3) is 0 Å². The van der Waals surface area contributed by atoms with Crippen molar-refractivity contribution in [2.45, 2.75) is 26.2 Å². The second-order valence-corrected chi connectivity index (χ2v) is 7.09. The lowest BCUT2D eigenvalue weighted by molar-refractivity contribution is 0.590. The van der Waals surface area contributed by atoms with E-state index >= 15 is 0 Å². The Kier molecular flexibility index (Phi) is 4.87. The van der Waals surface area contributed by atoms with E-state index in [1.165, 1.54) is 5.56 Å². The summed E-state index contributed by atoms with van der Waals surface area (Å²) in [6, 6.07) is 16.0. The summed E-state index contributed by atoms with van der Waals surface area (Å²) in [7, 11) is 0. The summed E-state index contributed by atoms with van der Waals surface area (Å²) in [4.78, 5) is 8.80. The first-order valence-electron chi connectivity index (χ1n) is 8.47. The van der Waals surface area contributed by atoms with Gasteiger partial charge in [-0.15, -0.1) is 6.42 Å². The third kappa shape index (κ3) is 4.18. The molecule has 0 aliphatic carbocycles. The SMILES string of the molecule is C#Cc1ccc(-c2ncc(C#Cc3ccc(C(C)(C)C)cc3)cn2)cc1. The van der Waals surface area contributed by atoms with Crippen LogP contribution >= 0.6 is 0 Å². The maximum absolute atomic E-state index is 5.37. The average molecular weight is 336 g/mol. The molecule has 1 aromatic heterocycles. The third-order valence-corrected chi connectivity index (χ3v) is 4.06. The van der Waals surface area contributed by atoms with Crippen LogP contribution in [0.4, 0.5) is 0 Å². The summed E-state index contributed by atoms with van der Waals surface area (Å²) in [5, 5.41) is 0. The smallest absolute Gasteiger partial charge is 0.159 e. The molecule has 0 aliphatic rings. The number of benzene rings is 2. The van der Waals surface area contributed by atoms with Crippen LogP contribution in [0.5, 0.6) is 0 Å². The van der Waals surface area contributed by atoms with Gasteiger partial charge in [-0.2, -0.15) is 0 Å². The molecular weight excluding hydrogens is 316 g/mol. The Morgan fingerprint density at radius 3 is 1.81 bits per heavy atom. The number of hydrogen-bond donors (Lipinski definition) is 0. The molecule has 0 saturated carbocycles. The molecule has 2 nitrogen and oxygen atoms in total. The Bertz CT molecular complexity index is 986. The van der Waals surface area contributed by atoms with Crippen LogP contribution in [0.1, 0.15) is 43.0 Å². The molecule has 2 aromatic carbocycles. The lowest BCUT2D eigenvalue weighted by Crippen LogP contribution is -2.10. The summed E-state index contributed by atoms with van der Waals surface area (Å²) in [5.41, 5.74) is 4.98. The third-order valence-electron chi connectivity index (χ3n) is 4.06. The fraction of sp³-hybridized carbons (Fsp3) is 0.167. The molecule has 0 spiro atoms. The highest BCUT2D eigenvalue weighted by molar-refractivity contribution is 5.57. The van der Waals surface area contributed by atoms with Crippen LogP contribution in [0.25, 0.3) is 11.4 Å². The minimum absolute atomic E-state index is 0.147. The quantitative estimate of drug-likeness (QED) is 0.595. The van der Waals surface area contributed by atoms with E-state index in [-0.39, 0.29) is 5.41 Å². The summed E-state index contributed by atoms with van der Waals surface area (Å²) < 4.78 is 0. The highest BCUT2D eigenvalue weighted by Gasteiger charge is 2.12. The van der Waals surface area contributed by atoms with E-state index in [2.05, 4.69) is 72.8 Å². The molecule has 0 saturated heterocycles. The van der Waals surface area contributed by atoms with E-state index in [9.17, 15) is 0 Å². The summed E-state index contributed by atoms with van der Waals surface area (Å²) in [6.45, 7) is 6.60. The van der Waals surface area contributed by atoms with Crippen LogP contribution < -0.4 is 0 Å². The normalized spacial score (nSPS) is 10.5. The van der Waals surface area contributed by atoms with Crippen molar-refractivity contribution in [1.82, 2.24) is 9.97 Å². The van der Waals surface area contributed by atoms with E-state index in [0.29, 0.717) is 5.82 Å². The number of nitrogens with zero attached hydrogens (tertiary/aromatic N) is 2. The molecule has 1 heterocycles. The maximum atomic E-state index is 5.37. The number of hydrogen-bond acceptors (Lipinski definition) is 2. The van der Waals surface area contributed by atoms with Crippen molar-refractivity contribution in [2.24, 2.45) is 0 Å². The standard InChI is InChI=1S/C24H20N2/c1-5-18-8-12-21(13-9-18)23-25-16-20(17-26-23)7-6-19-10-14-22(15-11-19)24(2,3)4/h1,8-17H,2-4H3. The molecule has 3 rings (SSSR count). The van der Waals surface area contributed by atoms with Crippen LogP contribution in [0.3, 0.4) is 0 Å². The lowest BCUT2D eigenvalue weighted by atomic mass is 9.87. The molecule has 0 N–H and O–H groups in total. The molecule has 0 fully saturated rings. The first-order valence-corrected chi connectivity index (χ1v) is 8.47. The molecule has 0 unspecified atom stereocenters. The lowest BCUT2D eigenvalue weighted by Gasteiger charge is -2.18. The van der Waals surface area contributed by atoms with Gasteiger partial charge < -0.3 is 0 Å². The van der Waals surface area contributed by atoms with Crippen molar-refractivity contribution in [3.05, 3.63) is 83.2 Å². The van der Waals surface area contributed by atoms with Gasteiger partial charge in [0.05, 0.1) is 5.56 Å². The predicted molar refractivity (Wildman–Crippen MR) is 107 cm³/mol. The highest BCUT2D eigenvalue weighted by atomic mass is 14.9. The monoisotopic (exact) mass is 336 g/mol. The maximum Gasteiger partial charge on any atom is 0.159 e. The van der Waals surface area contributed by atoms with Gasteiger partial charge in [0.2, 0.25) is 0 Å². The van der Waals surface area contributed by atoms with Crippen LogP contribution in [-0.2, 0) is 5.41 Å². The van der Waals surface area contributed by atoms with Crippen molar-refractivity contribution < 1.29 is 0 Å². The average Bonchev–Trinajstić information content (AvgIpc) is 2.66. The molecular formula is C24H20N2. The summed E-state index contributed by atoms with van der Waals surface area (Å²) in [5.74, 6) is 9.54. The Morgan fingerprint density at radius 1 is 0.731 bits per heavy atom. The van der Waals surface area contributed by atoms with Gasteiger partial charge in [0, 0.05) is 29.1 Å². The van der Waals surface area contributed by atoms with Gasteiger partial charge in [-0.1, -0.05) is 50.7 Å². The van der Waals surface area contributed by atoms with Crippen molar-refractivity contribution in [3.63, 3.8) is 0 Å². The van der Waals surface area contributed by atoms with Gasteiger partial charge in [-0.25, -0.2) is 9.97 Å².